The first-order chi connectivity index (χ1) is 13.9. The standard InChI is InChI=1S/C22H22BrN3O2S/c1-14-3-8-18(23)12-19(14)26-21(27)9-10-24-22(28)11-16-4-6-17(7-5-16)20-13-29-15(2)25-20/h3-8,12-13H,9-11H2,1-2H3,(H,24,28)(H,26,27). The van der Waals surface area contributed by atoms with Crippen LogP contribution in [-0.2, 0) is 16.0 Å². The van der Waals surface area contributed by atoms with Gasteiger partial charge in [-0.25, -0.2) is 4.98 Å². The maximum Gasteiger partial charge on any atom is 0.226 e. The van der Waals surface area contributed by atoms with Crippen LogP contribution in [0.3, 0.4) is 0 Å². The van der Waals surface area contributed by atoms with Crippen LogP contribution >= 0.6 is 27.3 Å². The zero-order chi connectivity index (χ0) is 20.8. The average molecular weight is 472 g/mol. The largest absolute Gasteiger partial charge is 0.355 e. The van der Waals surface area contributed by atoms with Gasteiger partial charge in [0.25, 0.3) is 0 Å². The molecule has 2 N–H and O–H groups in total. The third-order valence-electron chi connectivity index (χ3n) is 4.38. The van der Waals surface area contributed by atoms with Gasteiger partial charge in [0.1, 0.15) is 0 Å². The summed E-state index contributed by atoms with van der Waals surface area (Å²) in [6.07, 6.45) is 0.503. The molecule has 1 heterocycles. The first kappa shape index (κ1) is 21.2. The molecular formula is C22H22BrN3O2S. The summed E-state index contributed by atoms with van der Waals surface area (Å²) in [7, 11) is 0. The molecule has 29 heavy (non-hydrogen) atoms. The third kappa shape index (κ3) is 6.24. The lowest BCUT2D eigenvalue weighted by Gasteiger charge is -2.10. The number of aromatic nitrogens is 1. The van der Waals surface area contributed by atoms with E-state index in [4.69, 9.17) is 0 Å². The molecule has 3 aromatic rings. The Labute approximate surface area is 182 Å². The fourth-order valence-corrected chi connectivity index (χ4v) is 3.78. The van der Waals surface area contributed by atoms with Crippen molar-refractivity contribution in [1.82, 2.24) is 10.3 Å². The molecule has 0 bridgehead atoms. The number of benzene rings is 2. The van der Waals surface area contributed by atoms with Crippen molar-refractivity contribution in [1.29, 1.82) is 0 Å². The molecule has 0 spiro atoms. The molecule has 1 aromatic heterocycles. The lowest BCUT2D eigenvalue weighted by atomic mass is 10.1. The Morgan fingerprint density at radius 2 is 1.83 bits per heavy atom. The van der Waals surface area contributed by atoms with Gasteiger partial charge in [0.2, 0.25) is 11.8 Å². The summed E-state index contributed by atoms with van der Waals surface area (Å²) in [4.78, 5) is 28.7. The van der Waals surface area contributed by atoms with Gasteiger partial charge < -0.3 is 10.6 Å². The average Bonchev–Trinajstić information content (AvgIpc) is 3.11. The lowest BCUT2D eigenvalue weighted by molar-refractivity contribution is -0.120. The highest BCUT2D eigenvalue weighted by atomic mass is 79.9. The summed E-state index contributed by atoms with van der Waals surface area (Å²) >= 11 is 5.01. The van der Waals surface area contributed by atoms with E-state index < -0.39 is 0 Å². The number of carbonyl (C=O) groups is 2. The van der Waals surface area contributed by atoms with Crippen molar-refractivity contribution in [3.8, 4) is 11.3 Å². The minimum absolute atomic E-state index is 0.103. The molecule has 2 aromatic carbocycles. The predicted molar refractivity (Wildman–Crippen MR) is 121 cm³/mol. The summed E-state index contributed by atoms with van der Waals surface area (Å²) in [6.45, 7) is 4.21. The van der Waals surface area contributed by atoms with Gasteiger partial charge in [-0.2, -0.15) is 0 Å². The number of anilines is 1. The highest BCUT2D eigenvalue weighted by molar-refractivity contribution is 9.10. The zero-order valence-electron chi connectivity index (χ0n) is 16.3. The monoisotopic (exact) mass is 471 g/mol. The van der Waals surface area contributed by atoms with Gasteiger partial charge in [-0.05, 0) is 37.1 Å². The maximum absolute atomic E-state index is 12.1. The molecule has 2 amide bonds. The molecule has 3 rings (SSSR count). The van der Waals surface area contributed by atoms with E-state index in [1.165, 1.54) is 0 Å². The summed E-state index contributed by atoms with van der Waals surface area (Å²) in [5.74, 6) is -0.233. The fourth-order valence-electron chi connectivity index (χ4n) is 2.79. The highest BCUT2D eigenvalue weighted by Crippen LogP contribution is 2.22. The van der Waals surface area contributed by atoms with Gasteiger partial charge in [-0.3, -0.25) is 9.59 Å². The molecule has 0 saturated heterocycles. The van der Waals surface area contributed by atoms with Crippen molar-refractivity contribution in [2.75, 3.05) is 11.9 Å². The smallest absolute Gasteiger partial charge is 0.226 e. The minimum atomic E-state index is -0.130. The molecular weight excluding hydrogens is 450 g/mol. The number of amides is 2. The predicted octanol–water partition coefficient (Wildman–Crippen LogP) is 4.88. The van der Waals surface area contributed by atoms with Crippen molar-refractivity contribution < 1.29 is 9.59 Å². The van der Waals surface area contributed by atoms with Crippen LogP contribution in [0.25, 0.3) is 11.3 Å². The Bertz CT molecular complexity index is 1020. The molecule has 0 saturated carbocycles. The Morgan fingerprint density at radius 1 is 1.07 bits per heavy atom. The number of hydrogen-bond donors (Lipinski definition) is 2. The number of halogens is 1. The number of carbonyl (C=O) groups excluding carboxylic acids is 2. The van der Waals surface area contributed by atoms with Crippen LogP contribution in [0.2, 0.25) is 0 Å². The Balaban J connectivity index is 1.44. The zero-order valence-corrected chi connectivity index (χ0v) is 18.7. The van der Waals surface area contributed by atoms with Crippen molar-refractivity contribution in [3.63, 3.8) is 0 Å². The summed E-state index contributed by atoms with van der Waals surface area (Å²) in [5.41, 5.74) is 4.67. The number of aryl methyl sites for hydroxylation is 2. The maximum atomic E-state index is 12.1. The lowest BCUT2D eigenvalue weighted by Crippen LogP contribution is -2.29. The number of nitrogens with zero attached hydrogens (tertiary/aromatic N) is 1. The van der Waals surface area contributed by atoms with Crippen LogP contribution in [0.15, 0.2) is 52.3 Å². The van der Waals surface area contributed by atoms with Crippen molar-refractivity contribution in [2.24, 2.45) is 0 Å². The van der Waals surface area contributed by atoms with E-state index in [0.717, 1.165) is 37.6 Å². The van der Waals surface area contributed by atoms with E-state index in [9.17, 15) is 9.59 Å². The van der Waals surface area contributed by atoms with Crippen LogP contribution in [0.1, 0.15) is 22.6 Å². The van der Waals surface area contributed by atoms with Gasteiger partial charge >= 0.3 is 0 Å². The second-order valence-corrected chi connectivity index (χ2v) is 8.71. The van der Waals surface area contributed by atoms with E-state index >= 15 is 0 Å². The molecule has 0 atom stereocenters. The van der Waals surface area contributed by atoms with Crippen LogP contribution < -0.4 is 10.6 Å². The Morgan fingerprint density at radius 3 is 2.52 bits per heavy atom. The second kappa shape index (κ2) is 9.80. The number of nitrogens with one attached hydrogen (secondary N) is 2. The molecule has 150 valence electrons. The van der Waals surface area contributed by atoms with Crippen LogP contribution in [0, 0.1) is 13.8 Å². The van der Waals surface area contributed by atoms with Gasteiger partial charge in [0, 0.05) is 34.1 Å². The molecule has 0 aliphatic heterocycles. The highest BCUT2D eigenvalue weighted by Gasteiger charge is 2.08. The normalized spacial score (nSPS) is 10.6. The van der Waals surface area contributed by atoms with Crippen molar-refractivity contribution in [3.05, 3.63) is 68.5 Å². The van der Waals surface area contributed by atoms with Gasteiger partial charge in [0.05, 0.1) is 17.1 Å². The van der Waals surface area contributed by atoms with Crippen LogP contribution in [0.4, 0.5) is 5.69 Å². The SMILES string of the molecule is Cc1nc(-c2ccc(CC(=O)NCCC(=O)Nc3cc(Br)ccc3C)cc2)cs1. The number of thiazole rings is 1. The molecule has 0 fully saturated rings. The molecule has 0 aliphatic carbocycles. The number of rotatable bonds is 7. The van der Waals surface area contributed by atoms with E-state index in [0.29, 0.717) is 6.54 Å². The van der Waals surface area contributed by atoms with Gasteiger partial charge in [-0.1, -0.05) is 46.3 Å². The quantitative estimate of drug-likeness (QED) is 0.515. The molecule has 0 radical (unpaired) electrons. The van der Waals surface area contributed by atoms with Crippen molar-refractivity contribution >= 4 is 44.8 Å². The fraction of sp³-hybridized carbons (Fsp3) is 0.227. The van der Waals surface area contributed by atoms with Crippen LogP contribution in [-0.4, -0.2) is 23.3 Å². The van der Waals surface area contributed by atoms with E-state index in [2.05, 4.69) is 31.5 Å². The summed E-state index contributed by atoms with van der Waals surface area (Å²) in [5, 5.41) is 8.73. The van der Waals surface area contributed by atoms with Crippen LogP contribution in [0.5, 0.6) is 0 Å². The topological polar surface area (TPSA) is 71.1 Å². The molecule has 0 unspecified atom stereocenters. The molecule has 5 nitrogen and oxygen atoms in total. The Hall–Kier alpha value is -2.51. The van der Waals surface area contributed by atoms with E-state index in [1.807, 2.05) is 61.7 Å². The molecule has 0 aliphatic rings. The first-order valence-electron chi connectivity index (χ1n) is 9.25. The van der Waals surface area contributed by atoms with E-state index in [-0.39, 0.29) is 24.7 Å². The van der Waals surface area contributed by atoms with Gasteiger partial charge in [0.15, 0.2) is 0 Å². The summed E-state index contributed by atoms with van der Waals surface area (Å²) < 4.78 is 0.905. The van der Waals surface area contributed by atoms with Gasteiger partial charge in [-0.15, -0.1) is 11.3 Å². The summed E-state index contributed by atoms with van der Waals surface area (Å²) in [6, 6.07) is 13.6. The van der Waals surface area contributed by atoms with E-state index in [1.54, 1.807) is 11.3 Å². The third-order valence-corrected chi connectivity index (χ3v) is 5.65. The van der Waals surface area contributed by atoms with Crippen molar-refractivity contribution in [2.45, 2.75) is 26.7 Å². The number of hydrogen-bond acceptors (Lipinski definition) is 4. The first-order valence-corrected chi connectivity index (χ1v) is 10.9. The Kier molecular flexibility index (Phi) is 7.17. The minimum Gasteiger partial charge on any atom is -0.355 e. The molecule has 7 heteroatoms. The second-order valence-electron chi connectivity index (χ2n) is 6.73.